The molecule has 3 rings (SSSR count). The van der Waals surface area contributed by atoms with Crippen molar-refractivity contribution >= 4 is 27.4 Å². The van der Waals surface area contributed by atoms with Crippen molar-refractivity contribution in [2.24, 2.45) is 0 Å². The van der Waals surface area contributed by atoms with Gasteiger partial charge >= 0.3 is 6.03 Å². The van der Waals surface area contributed by atoms with Crippen LogP contribution in [0.4, 0.5) is 4.79 Å². The maximum atomic E-state index is 12.6. The van der Waals surface area contributed by atoms with Crippen molar-refractivity contribution in [2.75, 3.05) is 26.3 Å². The molecule has 146 valence electrons. The highest BCUT2D eigenvalue weighted by Gasteiger charge is 2.27. The Morgan fingerprint density at radius 3 is 2.59 bits per heavy atom. The Labute approximate surface area is 163 Å². The smallest absolute Gasteiger partial charge is 0.315 e. The summed E-state index contributed by atoms with van der Waals surface area (Å²) in [5, 5.41) is 5.65. The molecule has 2 amide bonds. The van der Waals surface area contributed by atoms with Gasteiger partial charge in [-0.2, -0.15) is 4.31 Å². The summed E-state index contributed by atoms with van der Waals surface area (Å²) < 4.78 is 32.2. The number of rotatable bonds is 6. The van der Waals surface area contributed by atoms with E-state index in [9.17, 15) is 13.2 Å². The summed E-state index contributed by atoms with van der Waals surface area (Å²) in [5.41, 5.74) is 1.02. The van der Waals surface area contributed by atoms with Gasteiger partial charge in [-0.25, -0.2) is 13.2 Å². The molecule has 27 heavy (non-hydrogen) atoms. The topological polar surface area (TPSA) is 87.7 Å². The third-order valence-electron chi connectivity index (χ3n) is 4.27. The van der Waals surface area contributed by atoms with Crippen LogP contribution in [0.2, 0.25) is 0 Å². The van der Waals surface area contributed by atoms with Crippen LogP contribution in [0.1, 0.15) is 23.4 Å². The molecule has 1 atom stereocenters. The molecule has 1 aliphatic rings. The third-order valence-corrected chi connectivity index (χ3v) is 7.72. The predicted molar refractivity (Wildman–Crippen MR) is 104 cm³/mol. The Morgan fingerprint density at radius 2 is 1.89 bits per heavy atom. The molecule has 1 aromatic carbocycles. The second-order valence-electron chi connectivity index (χ2n) is 6.20. The van der Waals surface area contributed by atoms with Crippen molar-refractivity contribution in [1.82, 2.24) is 14.9 Å². The number of benzene rings is 1. The minimum Gasteiger partial charge on any atom is -0.379 e. The Morgan fingerprint density at radius 1 is 1.19 bits per heavy atom. The molecule has 2 heterocycles. The lowest BCUT2D eigenvalue weighted by Crippen LogP contribution is -2.40. The van der Waals surface area contributed by atoms with Crippen LogP contribution in [-0.2, 0) is 21.3 Å². The fourth-order valence-electron chi connectivity index (χ4n) is 2.75. The highest BCUT2D eigenvalue weighted by molar-refractivity contribution is 7.91. The van der Waals surface area contributed by atoms with E-state index in [1.165, 1.54) is 15.6 Å². The average molecular weight is 410 g/mol. The number of hydrogen-bond acceptors (Lipinski definition) is 5. The fourth-order valence-corrected chi connectivity index (χ4v) is 5.60. The molecule has 2 aromatic rings. The number of hydrogen-bond donors (Lipinski definition) is 2. The van der Waals surface area contributed by atoms with E-state index < -0.39 is 10.0 Å². The normalized spacial score (nSPS) is 16.6. The minimum atomic E-state index is -3.49. The second kappa shape index (κ2) is 8.83. The summed E-state index contributed by atoms with van der Waals surface area (Å²) in [7, 11) is -3.49. The molecule has 0 aliphatic carbocycles. The van der Waals surface area contributed by atoms with Gasteiger partial charge in [0, 0.05) is 18.0 Å². The van der Waals surface area contributed by atoms with Crippen LogP contribution >= 0.6 is 11.3 Å². The number of urea groups is 1. The van der Waals surface area contributed by atoms with Gasteiger partial charge in [0.05, 0.1) is 25.8 Å². The highest BCUT2D eigenvalue weighted by Crippen LogP contribution is 2.25. The molecule has 9 heteroatoms. The lowest BCUT2D eigenvalue weighted by atomic mass is 10.1. The number of morpholine rings is 1. The molecule has 0 bridgehead atoms. The Kier molecular flexibility index (Phi) is 6.48. The van der Waals surface area contributed by atoms with Crippen molar-refractivity contribution in [3.63, 3.8) is 0 Å². The van der Waals surface area contributed by atoms with E-state index in [2.05, 4.69) is 10.6 Å². The van der Waals surface area contributed by atoms with Crippen LogP contribution in [0.3, 0.4) is 0 Å². The molecule has 2 N–H and O–H groups in total. The molecule has 0 spiro atoms. The number of amides is 2. The van der Waals surface area contributed by atoms with Crippen molar-refractivity contribution in [1.29, 1.82) is 0 Å². The zero-order chi connectivity index (χ0) is 19.3. The molecule has 1 unspecified atom stereocenters. The second-order valence-corrected chi connectivity index (χ2v) is 9.53. The largest absolute Gasteiger partial charge is 0.379 e. The van der Waals surface area contributed by atoms with Crippen LogP contribution < -0.4 is 10.6 Å². The number of sulfonamides is 1. The number of carbonyl (C=O) groups excluding carboxylic acids is 1. The number of nitrogens with one attached hydrogen (secondary N) is 2. The van der Waals surface area contributed by atoms with Crippen LogP contribution in [0.5, 0.6) is 0 Å². The van der Waals surface area contributed by atoms with Crippen LogP contribution in [0.15, 0.2) is 46.7 Å². The minimum absolute atomic E-state index is 0.119. The Hall–Kier alpha value is -1.94. The van der Waals surface area contributed by atoms with Gasteiger partial charge in [-0.1, -0.05) is 30.3 Å². The molecule has 0 saturated carbocycles. The first kappa shape index (κ1) is 19.8. The van der Waals surface area contributed by atoms with Gasteiger partial charge < -0.3 is 15.4 Å². The molecular formula is C18H23N3O4S2. The van der Waals surface area contributed by atoms with Crippen LogP contribution in [-0.4, -0.2) is 45.1 Å². The Balaban J connectivity index is 1.54. The highest BCUT2D eigenvalue weighted by atomic mass is 32.2. The van der Waals surface area contributed by atoms with Crippen molar-refractivity contribution in [2.45, 2.75) is 23.7 Å². The van der Waals surface area contributed by atoms with Crippen molar-refractivity contribution in [3.05, 3.63) is 52.9 Å². The number of nitrogens with zero attached hydrogens (tertiary/aromatic N) is 1. The molecule has 1 aliphatic heterocycles. The molecular weight excluding hydrogens is 386 g/mol. The summed E-state index contributed by atoms with van der Waals surface area (Å²) in [4.78, 5) is 12.9. The monoisotopic (exact) mass is 409 g/mol. The summed E-state index contributed by atoms with van der Waals surface area (Å²) in [6.45, 7) is 3.75. The lowest BCUT2D eigenvalue weighted by molar-refractivity contribution is 0.0731. The average Bonchev–Trinajstić information content (AvgIpc) is 3.18. The maximum absolute atomic E-state index is 12.6. The van der Waals surface area contributed by atoms with Crippen LogP contribution in [0.25, 0.3) is 0 Å². The zero-order valence-electron chi connectivity index (χ0n) is 15.1. The van der Waals surface area contributed by atoms with Gasteiger partial charge in [0.1, 0.15) is 4.21 Å². The summed E-state index contributed by atoms with van der Waals surface area (Å²) >= 11 is 1.18. The maximum Gasteiger partial charge on any atom is 0.315 e. The standard InChI is InChI=1S/C18H23N3O4S2/c1-14(15-5-3-2-4-6-15)20-18(22)19-13-16-7-8-17(26-16)27(23,24)21-9-11-25-12-10-21/h2-8,14H,9-13H2,1H3,(H2,19,20,22). The molecule has 1 fully saturated rings. The van der Waals surface area contributed by atoms with Gasteiger partial charge in [-0.3, -0.25) is 0 Å². The molecule has 1 saturated heterocycles. The van der Waals surface area contributed by atoms with Gasteiger partial charge in [-0.15, -0.1) is 11.3 Å². The van der Waals surface area contributed by atoms with Crippen LogP contribution in [0, 0.1) is 0 Å². The van der Waals surface area contributed by atoms with Gasteiger partial charge in [-0.05, 0) is 24.6 Å². The summed E-state index contributed by atoms with van der Waals surface area (Å²) in [6.07, 6.45) is 0. The van der Waals surface area contributed by atoms with Gasteiger partial charge in [0.25, 0.3) is 10.0 Å². The first-order chi connectivity index (χ1) is 13.0. The van der Waals surface area contributed by atoms with E-state index in [4.69, 9.17) is 4.74 Å². The van der Waals surface area contributed by atoms with E-state index in [1.54, 1.807) is 12.1 Å². The van der Waals surface area contributed by atoms with E-state index in [0.717, 1.165) is 10.4 Å². The summed E-state index contributed by atoms with van der Waals surface area (Å²) in [6, 6.07) is 12.6. The lowest BCUT2D eigenvalue weighted by Gasteiger charge is -2.25. The SMILES string of the molecule is CC(NC(=O)NCc1ccc(S(=O)(=O)N2CCOCC2)s1)c1ccccc1. The third kappa shape index (κ3) is 5.07. The quantitative estimate of drug-likeness (QED) is 0.767. The molecule has 7 nitrogen and oxygen atoms in total. The first-order valence-electron chi connectivity index (χ1n) is 8.73. The fraction of sp³-hybridized carbons (Fsp3) is 0.389. The predicted octanol–water partition coefficient (Wildman–Crippen LogP) is 2.33. The first-order valence-corrected chi connectivity index (χ1v) is 11.0. The molecule has 0 radical (unpaired) electrons. The number of ether oxygens (including phenoxy) is 1. The summed E-state index contributed by atoms with van der Waals surface area (Å²) in [5.74, 6) is 0. The van der Waals surface area contributed by atoms with E-state index in [-0.39, 0.29) is 18.6 Å². The zero-order valence-corrected chi connectivity index (χ0v) is 16.7. The molecule has 1 aromatic heterocycles. The van der Waals surface area contributed by atoms with Crippen molar-refractivity contribution in [3.8, 4) is 0 Å². The van der Waals surface area contributed by atoms with E-state index in [0.29, 0.717) is 30.5 Å². The van der Waals surface area contributed by atoms with E-state index >= 15 is 0 Å². The number of carbonyl (C=O) groups is 1. The Bertz CT molecular complexity index is 862. The number of thiophene rings is 1. The van der Waals surface area contributed by atoms with Gasteiger partial charge in [0.2, 0.25) is 0 Å². The van der Waals surface area contributed by atoms with E-state index in [1.807, 2.05) is 37.3 Å². The van der Waals surface area contributed by atoms with Crippen molar-refractivity contribution < 1.29 is 17.9 Å². The van der Waals surface area contributed by atoms with Gasteiger partial charge in [0.15, 0.2) is 0 Å².